The Bertz CT molecular complexity index is 787. The van der Waals surface area contributed by atoms with Crippen molar-refractivity contribution in [3.8, 4) is 5.75 Å². The van der Waals surface area contributed by atoms with Gasteiger partial charge in [-0.15, -0.1) is 0 Å². The van der Waals surface area contributed by atoms with Crippen molar-refractivity contribution in [3.63, 3.8) is 0 Å². The molecule has 0 fully saturated rings. The molecule has 2 N–H and O–H groups in total. The van der Waals surface area contributed by atoms with Crippen LogP contribution in [0.2, 0.25) is 0 Å². The summed E-state index contributed by atoms with van der Waals surface area (Å²) in [4.78, 5) is 16.2. The van der Waals surface area contributed by atoms with Crippen LogP contribution < -0.4 is 5.32 Å². The third-order valence-electron chi connectivity index (χ3n) is 3.64. The number of anilines is 1. The van der Waals surface area contributed by atoms with Crippen LogP contribution in [0.3, 0.4) is 0 Å². The number of benzene rings is 1. The second kappa shape index (κ2) is 6.64. The number of nitrogens with zero attached hydrogens (tertiary/aromatic N) is 1. The number of rotatable bonds is 4. The zero-order valence-corrected chi connectivity index (χ0v) is 15.5. The normalized spacial score (nSPS) is 19.7. The van der Waals surface area contributed by atoms with Crippen molar-refractivity contribution in [2.24, 2.45) is 4.99 Å². The van der Waals surface area contributed by atoms with Crippen molar-refractivity contribution in [2.75, 3.05) is 18.2 Å². The molecule has 24 heavy (non-hydrogen) atoms. The summed E-state index contributed by atoms with van der Waals surface area (Å²) in [5, 5.41) is 13.3. The third-order valence-corrected chi connectivity index (χ3v) is 6.52. The van der Waals surface area contributed by atoms with Gasteiger partial charge in [0, 0.05) is 0 Å². The van der Waals surface area contributed by atoms with Gasteiger partial charge in [-0.2, -0.15) is 0 Å². The molecule has 0 saturated heterocycles. The van der Waals surface area contributed by atoms with Gasteiger partial charge in [0.2, 0.25) is 0 Å². The fraction of sp³-hybridized carbons (Fsp3) is 0.467. The van der Waals surface area contributed by atoms with Crippen LogP contribution in [0.5, 0.6) is 5.75 Å². The highest BCUT2D eigenvalue weighted by Crippen LogP contribution is 2.39. The number of methoxy groups -OCH3 is 1. The van der Waals surface area contributed by atoms with Crippen molar-refractivity contribution in [3.05, 3.63) is 18.2 Å². The molecule has 0 amide bonds. The number of phenolic OH excluding ortho intramolecular Hbond substituents is 1. The number of phenols is 1. The predicted octanol–water partition coefficient (Wildman–Crippen LogP) is 2.02. The van der Waals surface area contributed by atoms with Crippen molar-refractivity contribution in [2.45, 2.75) is 36.5 Å². The molecule has 1 aromatic carbocycles. The molecule has 0 spiro atoms. The minimum absolute atomic E-state index is 0.0373. The number of nitrogens with one attached hydrogen (secondary N) is 1. The van der Waals surface area contributed by atoms with Crippen LogP contribution in [0.25, 0.3) is 0 Å². The highest BCUT2D eigenvalue weighted by atomic mass is 32.2. The van der Waals surface area contributed by atoms with Gasteiger partial charge in [-0.25, -0.2) is 18.2 Å². The summed E-state index contributed by atoms with van der Waals surface area (Å²) in [5.41, 5.74) is 0.220. The molecule has 0 aliphatic carbocycles. The SMILES string of the molecule is CCS(=O)(=O)c1ccc(O)c(NC2=NC(C(=O)OC)C(C)(C)S2)c1. The third kappa shape index (κ3) is 3.67. The number of carbonyl (C=O) groups is 1. The van der Waals surface area contributed by atoms with Gasteiger partial charge in [-0.3, -0.25) is 0 Å². The van der Waals surface area contributed by atoms with E-state index in [9.17, 15) is 18.3 Å². The molecule has 1 heterocycles. The lowest BCUT2D eigenvalue weighted by Gasteiger charge is -2.21. The molecule has 1 aliphatic rings. The van der Waals surface area contributed by atoms with E-state index in [2.05, 4.69) is 10.3 Å². The minimum atomic E-state index is -3.39. The molecule has 2 rings (SSSR count). The lowest BCUT2D eigenvalue weighted by molar-refractivity contribution is -0.142. The van der Waals surface area contributed by atoms with E-state index in [1.54, 1.807) is 6.92 Å². The average Bonchev–Trinajstić information content (AvgIpc) is 2.82. The molecule has 132 valence electrons. The molecule has 1 aliphatic heterocycles. The Morgan fingerprint density at radius 2 is 2.12 bits per heavy atom. The second-order valence-electron chi connectivity index (χ2n) is 5.77. The Kier molecular flexibility index (Phi) is 5.14. The van der Waals surface area contributed by atoms with Gasteiger partial charge in [-0.05, 0) is 32.0 Å². The number of amidine groups is 1. The Hall–Kier alpha value is -1.74. The monoisotopic (exact) mass is 372 g/mol. The van der Waals surface area contributed by atoms with Crippen molar-refractivity contribution in [1.29, 1.82) is 0 Å². The van der Waals surface area contributed by atoms with Crippen molar-refractivity contribution in [1.82, 2.24) is 0 Å². The summed E-state index contributed by atoms with van der Waals surface area (Å²) in [6, 6.07) is 3.34. The summed E-state index contributed by atoms with van der Waals surface area (Å²) in [6.07, 6.45) is 0. The fourth-order valence-electron chi connectivity index (χ4n) is 2.20. The molecule has 1 aromatic rings. The molecular weight excluding hydrogens is 352 g/mol. The van der Waals surface area contributed by atoms with Crippen LogP contribution in [0.15, 0.2) is 28.1 Å². The highest BCUT2D eigenvalue weighted by Gasteiger charge is 2.43. The van der Waals surface area contributed by atoms with Gasteiger partial charge in [-0.1, -0.05) is 18.7 Å². The maximum Gasteiger partial charge on any atom is 0.332 e. The largest absolute Gasteiger partial charge is 0.506 e. The zero-order valence-electron chi connectivity index (χ0n) is 13.9. The number of sulfone groups is 1. The van der Waals surface area contributed by atoms with E-state index < -0.39 is 26.6 Å². The summed E-state index contributed by atoms with van der Waals surface area (Å²) < 4.78 is 28.2. The van der Waals surface area contributed by atoms with E-state index in [1.807, 2.05) is 13.8 Å². The number of hydrogen-bond acceptors (Lipinski definition) is 8. The molecule has 1 unspecified atom stereocenters. The summed E-state index contributed by atoms with van der Waals surface area (Å²) in [7, 11) is -2.09. The average molecular weight is 372 g/mol. The number of thioether (sulfide) groups is 1. The van der Waals surface area contributed by atoms with Gasteiger partial charge in [0.25, 0.3) is 0 Å². The van der Waals surface area contributed by atoms with Gasteiger partial charge >= 0.3 is 5.97 Å². The van der Waals surface area contributed by atoms with E-state index in [0.29, 0.717) is 5.17 Å². The van der Waals surface area contributed by atoms with E-state index >= 15 is 0 Å². The first-order valence-electron chi connectivity index (χ1n) is 7.28. The summed E-state index contributed by atoms with van der Waals surface area (Å²) in [5.74, 6) is -0.590. The number of hydrogen-bond donors (Lipinski definition) is 2. The smallest absolute Gasteiger partial charge is 0.332 e. The molecule has 0 bridgehead atoms. The summed E-state index contributed by atoms with van der Waals surface area (Å²) >= 11 is 1.32. The molecule has 0 aromatic heterocycles. The number of carbonyl (C=O) groups excluding carboxylic acids is 1. The van der Waals surface area contributed by atoms with Gasteiger partial charge in [0.1, 0.15) is 5.75 Å². The molecule has 0 saturated carbocycles. The maximum atomic E-state index is 12.0. The first-order valence-corrected chi connectivity index (χ1v) is 9.75. The lowest BCUT2D eigenvalue weighted by Crippen LogP contribution is -2.35. The maximum absolute atomic E-state index is 12.0. The number of esters is 1. The van der Waals surface area contributed by atoms with Crippen LogP contribution in [0.1, 0.15) is 20.8 Å². The molecule has 1 atom stereocenters. The first kappa shape index (κ1) is 18.6. The molecule has 0 radical (unpaired) electrons. The second-order valence-corrected chi connectivity index (χ2v) is 9.69. The van der Waals surface area contributed by atoms with Gasteiger partial charge < -0.3 is 15.2 Å². The van der Waals surface area contributed by atoms with Gasteiger partial charge in [0.15, 0.2) is 21.0 Å². The van der Waals surface area contributed by atoms with Crippen LogP contribution in [0.4, 0.5) is 5.69 Å². The Morgan fingerprint density at radius 1 is 1.46 bits per heavy atom. The highest BCUT2D eigenvalue weighted by molar-refractivity contribution is 8.15. The minimum Gasteiger partial charge on any atom is -0.506 e. The van der Waals surface area contributed by atoms with Crippen molar-refractivity contribution < 1.29 is 23.1 Å². The summed E-state index contributed by atoms with van der Waals surface area (Å²) in [6.45, 7) is 5.26. The Morgan fingerprint density at radius 3 is 2.71 bits per heavy atom. The predicted molar refractivity (Wildman–Crippen MR) is 94.4 cm³/mol. The Balaban J connectivity index is 2.32. The fourth-order valence-corrected chi connectivity index (χ4v) is 4.18. The van der Waals surface area contributed by atoms with Crippen LogP contribution in [-0.2, 0) is 19.4 Å². The lowest BCUT2D eigenvalue weighted by atomic mass is 10.0. The number of aliphatic imine (C=N–C) groups is 1. The van der Waals surface area contributed by atoms with Crippen LogP contribution in [-0.4, -0.2) is 48.3 Å². The van der Waals surface area contributed by atoms with Crippen molar-refractivity contribution >= 4 is 38.4 Å². The van der Waals surface area contributed by atoms with E-state index in [1.165, 1.54) is 37.1 Å². The number of ether oxygens (including phenoxy) is 1. The number of aromatic hydroxyl groups is 1. The standard InChI is InChI=1S/C15H20N2O5S2/c1-5-24(20,21)9-6-7-11(18)10(8-9)16-14-17-12(13(19)22-4)15(2,3)23-14/h6-8,12,18H,5H2,1-4H3,(H,16,17). The van der Waals surface area contributed by atoms with E-state index in [0.717, 1.165) is 0 Å². The molecule has 9 heteroatoms. The molecular formula is C15H20N2O5S2. The zero-order chi connectivity index (χ0) is 18.1. The topological polar surface area (TPSA) is 105 Å². The quantitative estimate of drug-likeness (QED) is 0.615. The van der Waals surface area contributed by atoms with Gasteiger partial charge in [0.05, 0.1) is 28.2 Å². The Labute approximate surface area is 145 Å². The van der Waals surface area contributed by atoms with E-state index in [4.69, 9.17) is 4.74 Å². The molecule has 7 nitrogen and oxygen atoms in total. The van der Waals surface area contributed by atoms with Crippen LogP contribution >= 0.6 is 11.8 Å². The first-order chi connectivity index (χ1) is 11.1. The van der Waals surface area contributed by atoms with E-state index in [-0.39, 0.29) is 22.1 Å². The van der Waals surface area contributed by atoms with Crippen LogP contribution in [0, 0.1) is 0 Å².